The lowest BCUT2D eigenvalue weighted by atomic mass is 10.0. The van der Waals surface area contributed by atoms with Gasteiger partial charge in [0, 0.05) is 8.04 Å². The number of carbonyl (C=O) groups is 1. The van der Waals surface area contributed by atoms with Crippen molar-refractivity contribution in [3.8, 4) is 0 Å². The maximum atomic E-state index is 12.1. The third-order valence-electron chi connectivity index (χ3n) is 2.35. The zero-order valence-electron chi connectivity index (χ0n) is 9.87. The summed E-state index contributed by atoms with van der Waals surface area (Å²) in [4.78, 5) is 12.1. The number of carbonyl (C=O) groups excluding carboxylic acids is 1. The van der Waals surface area contributed by atoms with Crippen LogP contribution in [0.5, 0.6) is 0 Å². The highest BCUT2D eigenvalue weighted by Crippen LogP contribution is 2.19. The fourth-order valence-electron chi connectivity index (χ4n) is 1.21. The Labute approximate surface area is 127 Å². The molecule has 0 aliphatic rings. The molecular weight excluding hydrogens is 413 g/mol. The number of amidine groups is 1. The fourth-order valence-corrected chi connectivity index (χ4v) is 2.15. The molecule has 1 amide bonds. The van der Waals surface area contributed by atoms with Gasteiger partial charge in [-0.05, 0) is 54.6 Å². The van der Waals surface area contributed by atoms with Crippen molar-refractivity contribution in [2.75, 3.05) is 0 Å². The Kier molecular flexibility index (Phi) is 4.97. The number of nitrogens with zero attached hydrogens (tertiary/aromatic N) is 1. The van der Waals surface area contributed by atoms with Gasteiger partial charge < -0.3 is 16.3 Å². The van der Waals surface area contributed by atoms with Crippen molar-refractivity contribution in [2.24, 2.45) is 10.9 Å². The molecule has 1 aromatic carbocycles. The van der Waals surface area contributed by atoms with Crippen LogP contribution in [0.15, 0.2) is 27.8 Å². The number of halogens is 2. The Morgan fingerprint density at radius 3 is 2.72 bits per heavy atom. The van der Waals surface area contributed by atoms with Crippen LogP contribution in [0.1, 0.15) is 24.2 Å². The number of nitrogens with two attached hydrogens (primary N) is 1. The predicted molar refractivity (Wildman–Crippen MR) is 81.8 cm³/mol. The van der Waals surface area contributed by atoms with Crippen LogP contribution in [-0.4, -0.2) is 22.5 Å². The third-order valence-corrected chi connectivity index (χ3v) is 3.78. The molecule has 0 aliphatic heterocycles. The quantitative estimate of drug-likeness (QED) is 0.228. The number of hydrogen-bond donors (Lipinski definition) is 3. The Bertz CT molecular complexity index is 503. The van der Waals surface area contributed by atoms with Gasteiger partial charge in [0.05, 0.1) is 11.1 Å². The molecule has 98 valence electrons. The number of nitrogens with one attached hydrogen (secondary N) is 1. The Hall–Kier alpha value is -0.830. The summed E-state index contributed by atoms with van der Waals surface area (Å²) in [6, 6.07) is 5.41. The van der Waals surface area contributed by atoms with Crippen LogP contribution in [0.3, 0.4) is 0 Å². The molecule has 0 atom stereocenters. The van der Waals surface area contributed by atoms with Gasteiger partial charge in [0.1, 0.15) is 0 Å². The summed E-state index contributed by atoms with van der Waals surface area (Å²) in [7, 11) is 0. The lowest BCUT2D eigenvalue weighted by Crippen LogP contribution is -2.53. The highest BCUT2D eigenvalue weighted by molar-refractivity contribution is 14.1. The van der Waals surface area contributed by atoms with Crippen LogP contribution in [0.2, 0.25) is 0 Å². The minimum atomic E-state index is -0.919. The van der Waals surface area contributed by atoms with E-state index in [1.807, 2.05) is 12.1 Å². The summed E-state index contributed by atoms with van der Waals surface area (Å²) in [6.07, 6.45) is 0. The first-order valence-electron chi connectivity index (χ1n) is 5.03. The van der Waals surface area contributed by atoms with E-state index in [0.717, 1.165) is 8.04 Å². The summed E-state index contributed by atoms with van der Waals surface area (Å²) in [5, 5.41) is 14.3. The first kappa shape index (κ1) is 15.2. The van der Waals surface area contributed by atoms with E-state index in [1.165, 1.54) is 0 Å². The van der Waals surface area contributed by atoms with E-state index in [9.17, 15) is 4.79 Å². The molecule has 0 bridgehead atoms. The van der Waals surface area contributed by atoms with Crippen molar-refractivity contribution in [1.29, 1.82) is 0 Å². The standard InChI is InChI=1S/C11H13BrIN3O2/c1-11(2,10(14)16-18)15-9(17)7-5-6(12)3-4-8(7)13/h3-5,18H,1-2H3,(H2,14,16)(H,15,17). The molecule has 0 saturated heterocycles. The Balaban J connectivity index is 2.99. The number of amides is 1. The zero-order valence-corrected chi connectivity index (χ0v) is 13.6. The molecule has 0 spiro atoms. The average Bonchev–Trinajstić information content (AvgIpc) is 2.30. The smallest absolute Gasteiger partial charge is 0.253 e. The molecule has 7 heteroatoms. The number of oxime groups is 1. The Morgan fingerprint density at radius 1 is 1.56 bits per heavy atom. The maximum absolute atomic E-state index is 12.1. The van der Waals surface area contributed by atoms with Crippen molar-refractivity contribution in [1.82, 2.24) is 5.32 Å². The molecule has 0 fully saturated rings. The first-order valence-corrected chi connectivity index (χ1v) is 6.90. The minimum Gasteiger partial charge on any atom is -0.409 e. The second kappa shape index (κ2) is 5.87. The van der Waals surface area contributed by atoms with E-state index < -0.39 is 5.54 Å². The van der Waals surface area contributed by atoms with Crippen LogP contribution in [0.4, 0.5) is 0 Å². The molecule has 0 aromatic heterocycles. The van der Waals surface area contributed by atoms with Crippen LogP contribution >= 0.6 is 38.5 Å². The normalized spacial score (nSPS) is 12.3. The van der Waals surface area contributed by atoms with Crippen LogP contribution in [0.25, 0.3) is 0 Å². The van der Waals surface area contributed by atoms with Crippen LogP contribution in [-0.2, 0) is 0 Å². The molecule has 1 aromatic rings. The lowest BCUT2D eigenvalue weighted by molar-refractivity contribution is 0.0930. The van der Waals surface area contributed by atoms with Gasteiger partial charge in [0.25, 0.3) is 5.91 Å². The van der Waals surface area contributed by atoms with Gasteiger partial charge in [0.15, 0.2) is 5.84 Å². The summed E-state index contributed by atoms with van der Waals surface area (Å²) < 4.78 is 1.64. The van der Waals surface area contributed by atoms with Gasteiger partial charge in [-0.1, -0.05) is 21.1 Å². The van der Waals surface area contributed by atoms with Crippen molar-refractivity contribution in [3.05, 3.63) is 31.8 Å². The van der Waals surface area contributed by atoms with E-state index >= 15 is 0 Å². The molecule has 0 radical (unpaired) electrons. The predicted octanol–water partition coefficient (Wildman–Crippen LogP) is 2.31. The molecule has 0 heterocycles. The average molecular weight is 426 g/mol. The van der Waals surface area contributed by atoms with Crippen molar-refractivity contribution in [2.45, 2.75) is 19.4 Å². The molecule has 0 unspecified atom stereocenters. The number of benzene rings is 1. The van der Waals surface area contributed by atoms with Crippen molar-refractivity contribution < 1.29 is 10.0 Å². The highest BCUT2D eigenvalue weighted by Gasteiger charge is 2.27. The summed E-state index contributed by atoms with van der Waals surface area (Å²) in [5.74, 6) is -0.335. The zero-order chi connectivity index (χ0) is 13.9. The summed E-state index contributed by atoms with van der Waals surface area (Å²) in [6.45, 7) is 3.32. The van der Waals surface area contributed by atoms with E-state index in [2.05, 4.69) is 49.0 Å². The van der Waals surface area contributed by atoms with Crippen LogP contribution in [0, 0.1) is 3.57 Å². The molecule has 5 nitrogen and oxygen atoms in total. The SMILES string of the molecule is CC(C)(NC(=O)c1cc(Br)ccc1I)/C(N)=N/O. The third kappa shape index (κ3) is 3.58. The topological polar surface area (TPSA) is 87.7 Å². The molecule has 0 saturated carbocycles. The van der Waals surface area contributed by atoms with Crippen molar-refractivity contribution in [3.63, 3.8) is 0 Å². The van der Waals surface area contributed by atoms with E-state index in [0.29, 0.717) is 5.56 Å². The van der Waals surface area contributed by atoms with Gasteiger partial charge in [-0.25, -0.2) is 0 Å². The fraction of sp³-hybridized carbons (Fsp3) is 0.273. The van der Waals surface area contributed by atoms with Gasteiger partial charge in [-0.3, -0.25) is 4.79 Å². The minimum absolute atomic E-state index is 0.0548. The second-order valence-corrected chi connectivity index (χ2v) is 6.27. The Morgan fingerprint density at radius 2 is 2.17 bits per heavy atom. The molecule has 0 aliphatic carbocycles. The molecule has 1 rings (SSSR count). The molecule has 4 N–H and O–H groups in total. The largest absolute Gasteiger partial charge is 0.409 e. The van der Waals surface area contributed by atoms with Gasteiger partial charge in [0.2, 0.25) is 0 Å². The van der Waals surface area contributed by atoms with Gasteiger partial charge >= 0.3 is 0 Å². The van der Waals surface area contributed by atoms with Crippen LogP contribution < -0.4 is 11.1 Å². The van der Waals surface area contributed by atoms with E-state index in [-0.39, 0.29) is 11.7 Å². The van der Waals surface area contributed by atoms with E-state index in [1.54, 1.807) is 19.9 Å². The summed E-state index contributed by atoms with van der Waals surface area (Å²) in [5.41, 5.74) is 5.13. The number of rotatable bonds is 3. The van der Waals surface area contributed by atoms with E-state index in [4.69, 9.17) is 10.9 Å². The highest BCUT2D eigenvalue weighted by atomic mass is 127. The number of hydrogen-bond acceptors (Lipinski definition) is 3. The van der Waals surface area contributed by atoms with Gasteiger partial charge in [-0.15, -0.1) is 0 Å². The van der Waals surface area contributed by atoms with Crippen molar-refractivity contribution >= 4 is 50.3 Å². The molecule has 18 heavy (non-hydrogen) atoms. The lowest BCUT2D eigenvalue weighted by Gasteiger charge is -2.24. The molecular formula is C11H13BrIN3O2. The monoisotopic (exact) mass is 425 g/mol. The van der Waals surface area contributed by atoms with Gasteiger partial charge in [-0.2, -0.15) is 0 Å². The first-order chi connectivity index (χ1) is 8.27. The second-order valence-electron chi connectivity index (χ2n) is 4.19. The maximum Gasteiger partial charge on any atom is 0.253 e. The summed E-state index contributed by atoms with van der Waals surface area (Å²) >= 11 is 5.39.